The number of carbonyl (C=O) groups is 2. The van der Waals surface area contributed by atoms with Crippen LogP contribution in [-0.4, -0.2) is 36.3 Å². The van der Waals surface area contributed by atoms with Gasteiger partial charge in [0, 0.05) is 26.1 Å². The lowest BCUT2D eigenvalue weighted by Gasteiger charge is -2.20. The van der Waals surface area contributed by atoms with Gasteiger partial charge in [0.1, 0.15) is 5.82 Å². The lowest BCUT2D eigenvalue weighted by molar-refractivity contribution is -0.135. The molecule has 0 fully saturated rings. The highest BCUT2D eigenvalue weighted by Gasteiger charge is 2.14. The summed E-state index contributed by atoms with van der Waals surface area (Å²) in [7, 11) is 0. The molecule has 3 N–H and O–H groups in total. The SMILES string of the molecule is CCN(CC(=O)NCc1ccc(F)cc1)C(=O)CCN. The summed E-state index contributed by atoms with van der Waals surface area (Å²) in [5.74, 6) is -0.696. The van der Waals surface area contributed by atoms with Crippen LogP contribution in [0.25, 0.3) is 0 Å². The Labute approximate surface area is 117 Å². The van der Waals surface area contributed by atoms with Crippen molar-refractivity contribution in [3.63, 3.8) is 0 Å². The predicted octanol–water partition coefficient (Wildman–Crippen LogP) is 0.639. The van der Waals surface area contributed by atoms with E-state index in [1.165, 1.54) is 17.0 Å². The molecule has 0 aliphatic heterocycles. The second-order valence-corrected chi connectivity index (χ2v) is 4.35. The van der Waals surface area contributed by atoms with Gasteiger partial charge in [0.15, 0.2) is 0 Å². The summed E-state index contributed by atoms with van der Waals surface area (Å²) in [6, 6.07) is 5.88. The third kappa shape index (κ3) is 5.36. The van der Waals surface area contributed by atoms with Gasteiger partial charge in [-0.3, -0.25) is 9.59 Å². The van der Waals surface area contributed by atoms with Crippen LogP contribution in [0.1, 0.15) is 18.9 Å². The lowest BCUT2D eigenvalue weighted by Crippen LogP contribution is -2.40. The Balaban J connectivity index is 2.42. The number of likely N-dealkylation sites (N-methyl/N-ethyl adjacent to an activating group) is 1. The van der Waals surface area contributed by atoms with Crippen LogP contribution in [0.3, 0.4) is 0 Å². The minimum absolute atomic E-state index is 0.0104. The maximum Gasteiger partial charge on any atom is 0.239 e. The smallest absolute Gasteiger partial charge is 0.239 e. The molecule has 1 aromatic carbocycles. The van der Waals surface area contributed by atoms with Crippen molar-refractivity contribution in [2.45, 2.75) is 19.9 Å². The number of nitrogens with two attached hydrogens (primary N) is 1. The summed E-state index contributed by atoms with van der Waals surface area (Å²) in [4.78, 5) is 24.8. The third-order valence-electron chi connectivity index (χ3n) is 2.83. The minimum atomic E-state index is -0.315. The van der Waals surface area contributed by atoms with Crippen LogP contribution in [0.15, 0.2) is 24.3 Å². The molecule has 20 heavy (non-hydrogen) atoms. The van der Waals surface area contributed by atoms with E-state index in [0.717, 1.165) is 5.56 Å². The van der Waals surface area contributed by atoms with Crippen molar-refractivity contribution in [2.24, 2.45) is 5.73 Å². The number of benzene rings is 1. The number of hydrogen-bond acceptors (Lipinski definition) is 3. The maximum atomic E-state index is 12.7. The monoisotopic (exact) mass is 281 g/mol. The molecule has 0 saturated heterocycles. The first-order valence-electron chi connectivity index (χ1n) is 6.55. The molecule has 0 aliphatic rings. The van der Waals surface area contributed by atoms with Gasteiger partial charge in [0.2, 0.25) is 11.8 Å². The van der Waals surface area contributed by atoms with E-state index in [9.17, 15) is 14.0 Å². The quantitative estimate of drug-likeness (QED) is 0.770. The van der Waals surface area contributed by atoms with Crippen LogP contribution in [0.2, 0.25) is 0 Å². The van der Waals surface area contributed by atoms with E-state index in [0.29, 0.717) is 13.1 Å². The van der Waals surface area contributed by atoms with Gasteiger partial charge in [-0.05, 0) is 24.6 Å². The van der Waals surface area contributed by atoms with Crippen molar-refractivity contribution >= 4 is 11.8 Å². The standard InChI is InChI=1S/C14H20FN3O2/c1-2-18(14(20)7-8-16)10-13(19)17-9-11-3-5-12(15)6-4-11/h3-6H,2,7-10,16H2,1H3,(H,17,19). The first kappa shape index (κ1) is 16.1. The molecule has 0 spiro atoms. The van der Waals surface area contributed by atoms with Crippen molar-refractivity contribution < 1.29 is 14.0 Å². The molecular formula is C14H20FN3O2. The summed E-state index contributed by atoms with van der Waals surface area (Å²) in [6.45, 7) is 2.86. The molecule has 0 unspecified atom stereocenters. The van der Waals surface area contributed by atoms with E-state index < -0.39 is 0 Å². The molecule has 0 heterocycles. The van der Waals surface area contributed by atoms with Gasteiger partial charge >= 0.3 is 0 Å². The van der Waals surface area contributed by atoms with Crippen LogP contribution in [0, 0.1) is 5.82 Å². The Morgan fingerprint density at radius 1 is 1.30 bits per heavy atom. The Hall–Kier alpha value is -1.95. The molecule has 0 saturated carbocycles. The topological polar surface area (TPSA) is 75.4 Å². The third-order valence-corrected chi connectivity index (χ3v) is 2.83. The highest BCUT2D eigenvalue weighted by Crippen LogP contribution is 2.02. The zero-order valence-electron chi connectivity index (χ0n) is 11.6. The Kier molecular flexibility index (Phi) is 6.66. The summed E-state index contributed by atoms with van der Waals surface area (Å²) in [5.41, 5.74) is 6.12. The Morgan fingerprint density at radius 2 is 1.95 bits per heavy atom. The van der Waals surface area contributed by atoms with Gasteiger partial charge < -0.3 is 16.0 Å². The van der Waals surface area contributed by atoms with Crippen LogP contribution >= 0.6 is 0 Å². The number of hydrogen-bond donors (Lipinski definition) is 2. The Morgan fingerprint density at radius 3 is 2.50 bits per heavy atom. The summed E-state index contributed by atoms with van der Waals surface area (Å²) < 4.78 is 12.7. The molecule has 0 aromatic heterocycles. The fourth-order valence-corrected chi connectivity index (χ4v) is 1.69. The number of rotatable bonds is 7. The number of carbonyl (C=O) groups excluding carboxylic acids is 2. The molecule has 6 heteroatoms. The van der Waals surface area contributed by atoms with E-state index in [-0.39, 0.29) is 37.1 Å². The first-order valence-corrected chi connectivity index (χ1v) is 6.55. The summed E-state index contributed by atoms with van der Waals surface area (Å²) >= 11 is 0. The van der Waals surface area contributed by atoms with Crippen LogP contribution < -0.4 is 11.1 Å². The molecule has 2 amide bonds. The van der Waals surface area contributed by atoms with E-state index in [4.69, 9.17) is 5.73 Å². The average Bonchev–Trinajstić information content (AvgIpc) is 2.44. The fourth-order valence-electron chi connectivity index (χ4n) is 1.69. The van der Waals surface area contributed by atoms with Gasteiger partial charge in [-0.15, -0.1) is 0 Å². The second kappa shape index (κ2) is 8.27. The number of nitrogens with zero attached hydrogens (tertiary/aromatic N) is 1. The van der Waals surface area contributed by atoms with Gasteiger partial charge in [-0.25, -0.2) is 4.39 Å². The van der Waals surface area contributed by atoms with Crippen LogP contribution in [0.5, 0.6) is 0 Å². The zero-order valence-corrected chi connectivity index (χ0v) is 11.6. The van der Waals surface area contributed by atoms with Crippen molar-refractivity contribution in [3.05, 3.63) is 35.6 Å². The number of amides is 2. The molecule has 1 aromatic rings. The molecule has 5 nitrogen and oxygen atoms in total. The van der Waals surface area contributed by atoms with Crippen LogP contribution in [0.4, 0.5) is 4.39 Å². The maximum absolute atomic E-state index is 12.7. The van der Waals surface area contributed by atoms with Crippen molar-refractivity contribution in [3.8, 4) is 0 Å². The highest BCUT2D eigenvalue weighted by molar-refractivity contribution is 5.84. The molecule has 0 radical (unpaired) electrons. The zero-order chi connectivity index (χ0) is 15.0. The van der Waals surface area contributed by atoms with Crippen LogP contribution in [-0.2, 0) is 16.1 Å². The molecule has 110 valence electrons. The van der Waals surface area contributed by atoms with E-state index in [1.807, 2.05) is 6.92 Å². The number of halogens is 1. The Bertz CT molecular complexity index is 448. The molecule has 0 atom stereocenters. The van der Waals surface area contributed by atoms with Gasteiger partial charge in [-0.2, -0.15) is 0 Å². The summed E-state index contributed by atoms with van der Waals surface area (Å²) in [6.07, 6.45) is 0.235. The molecular weight excluding hydrogens is 261 g/mol. The van der Waals surface area contributed by atoms with Crippen molar-refractivity contribution in [2.75, 3.05) is 19.6 Å². The van der Waals surface area contributed by atoms with Gasteiger partial charge in [0.05, 0.1) is 6.54 Å². The average molecular weight is 281 g/mol. The fraction of sp³-hybridized carbons (Fsp3) is 0.429. The summed E-state index contributed by atoms with van der Waals surface area (Å²) in [5, 5.41) is 2.69. The predicted molar refractivity (Wildman–Crippen MR) is 74.2 cm³/mol. The van der Waals surface area contributed by atoms with Gasteiger partial charge in [0.25, 0.3) is 0 Å². The minimum Gasteiger partial charge on any atom is -0.350 e. The highest BCUT2D eigenvalue weighted by atomic mass is 19.1. The second-order valence-electron chi connectivity index (χ2n) is 4.35. The van der Waals surface area contributed by atoms with E-state index in [2.05, 4.69) is 5.32 Å². The molecule has 0 aliphatic carbocycles. The molecule has 1 rings (SSSR count). The normalized spacial score (nSPS) is 10.2. The lowest BCUT2D eigenvalue weighted by atomic mass is 10.2. The van der Waals surface area contributed by atoms with Crippen molar-refractivity contribution in [1.29, 1.82) is 0 Å². The van der Waals surface area contributed by atoms with E-state index in [1.54, 1.807) is 12.1 Å². The number of nitrogens with one attached hydrogen (secondary N) is 1. The first-order chi connectivity index (χ1) is 9.56. The van der Waals surface area contributed by atoms with E-state index >= 15 is 0 Å². The molecule has 0 bridgehead atoms. The van der Waals surface area contributed by atoms with Gasteiger partial charge in [-0.1, -0.05) is 12.1 Å². The van der Waals surface area contributed by atoms with Crippen molar-refractivity contribution in [1.82, 2.24) is 10.2 Å². The largest absolute Gasteiger partial charge is 0.350 e.